The Labute approximate surface area is 132 Å². The molecule has 0 radical (unpaired) electrons. The molecule has 1 N–H and O–H groups in total. The lowest BCUT2D eigenvalue weighted by Crippen LogP contribution is -2.35. The first-order valence-corrected chi connectivity index (χ1v) is 7.34. The monoisotopic (exact) mass is 313 g/mol. The number of hydrogen-bond acceptors (Lipinski definition) is 5. The van der Waals surface area contributed by atoms with E-state index in [2.05, 4.69) is 5.32 Å². The second-order valence-electron chi connectivity index (χ2n) is 5.23. The highest BCUT2D eigenvalue weighted by Gasteiger charge is 2.31. The summed E-state index contributed by atoms with van der Waals surface area (Å²) in [6.07, 6.45) is 0. The van der Waals surface area contributed by atoms with Gasteiger partial charge in [-0.15, -0.1) is 0 Å². The third kappa shape index (κ3) is 2.12. The van der Waals surface area contributed by atoms with E-state index < -0.39 is 16.7 Å². The van der Waals surface area contributed by atoms with Gasteiger partial charge in [0.25, 0.3) is 17.5 Å². The largest absolute Gasteiger partial charge is 0.366 e. The van der Waals surface area contributed by atoms with Crippen LogP contribution in [0.3, 0.4) is 0 Å². The Hall–Kier alpha value is -2.96. The summed E-state index contributed by atoms with van der Waals surface area (Å²) in [5, 5.41) is 14.8. The minimum Gasteiger partial charge on any atom is -0.366 e. The molecule has 0 saturated carbocycles. The number of rotatable bonds is 4. The first-order chi connectivity index (χ1) is 11.0. The van der Waals surface area contributed by atoms with Crippen LogP contribution in [0.1, 0.15) is 34.6 Å². The summed E-state index contributed by atoms with van der Waals surface area (Å²) in [7, 11) is 0. The summed E-state index contributed by atoms with van der Waals surface area (Å²) >= 11 is 0. The molecule has 0 atom stereocenters. The predicted octanol–water partition coefficient (Wildman–Crippen LogP) is 2.48. The highest BCUT2D eigenvalue weighted by Crippen LogP contribution is 2.40. The maximum atomic E-state index is 12.1. The highest BCUT2D eigenvalue weighted by atomic mass is 16.6. The number of hydrogen-bond donors (Lipinski definition) is 1. The number of nitro groups is 1. The van der Waals surface area contributed by atoms with E-state index in [1.807, 2.05) is 18.7 Å². The van der Waals surface area contributed by atoms with E-state index >= 15 is 0 Å². The SMILES string of the molecule is CCN(CC)c1c([N+](=O)[O-])cc2c3c(cccc13)C(=O)NC2=O. The normalized spacial score (nSPS) is 13.1. The van der Waals surface area contributed by atoms with Crippen molar-refractivity contribution >= 4 is 34.0 Å². The van der Waals surface area contributed by atoms with Gasteiger partial charge in [0.1, 0.15) is 5.69 Å². The van der Waals surface area contributed by atoms with Gasteiger partial charge in [-0.05, 0) is 19.9 Å². The third-order valence-electron chi connectivity index (χ3n) is 4.11. The molecule has 0 fully saturated rings. The Morgan fingerprint density at radius 2 is 1.78 bits per heavy atom. The molecule has 2 aromatic carbocycles. The fraction of sp³-hybridized carbons (Fsp3) is 0.250. The van der Waals surface area contributed by atoms with Gasteiger partial charge in [0.05, 0.1) is 10.5 Å². The second kappa shape index (κ2) is 5.35. The molecule has 7 nitrogen and oxygen atoms in total. The van der Waals surface area contributed by atoms with Gasteiger partial charge in [0.15, 0.2) is 0 Å². The van der Waals surface area contributed by atoms with Crippen molar-refractivity contribution in [2.75, 3.05) is 18.0 Å². The summed E-state index contributed by atoms with van der Waals surface area (Å²) < 4.78 is 0. The molecule has 1 aliphatic heterocycles. The molecule has 118 valence electrons. The minimum atomic E-state index is -0.604. The number of benzene rings is 2. The van der Waals surface area contributed by atoms with Gasteiger partial charge in [-0.3, -0.25) is 25.0 Å². The quantitative estimate of drug-likeness (QED) is 0.532. The van der Waals surface area contributed by atoms with Crippen molar-refractivity contribution in [2.24, 2.45) is 0 Å². The summed E-state index contributed by atoms with van der Waals surface area (Å²) in [6.45, 7) is 4.97. The number of carbonyl (C=O) groups is 2. The molecule has 0 aliphatic carbocycles. The Kier molecular flexibility index (Phi) is 3.48. The summed E-state index contributed by atoms with van der Waals surface area (Å²) in [4.78, 5) is 37.0. The fourth-order valence-electron chi connectivity index (χ4n) is 3.07. The lowest BCUT2D eigenvalue weighted by molar-refractivity contribution is -0.384. The van der Waals surface area contributed by atoms with Crippen LogP contribution in [0, 0.1) is 10.1 Å². The summed E-state index contributed by atoms with van der Waals surface area (Å²) in [5.41, 5.74) is 0.846. The smallest absolute Gasteiger partial charge is 0.293 e. The molecular formula is C16H15N3O4. The van der Waals surface area contributed by atoms with Gasteiger partial charge in [-0.25, -0.2) is 0 Å². The first kappa shape index (κ1) is 15.0. The zero-order chi connectivity index (χ0) is 16.7. The number of amides is 2. The fourth-order valence-corrected chi connectivity index (χ4v) is 3.07. The van der Waals surface area contributed by atoms with Gasteiger partial charge in [-0.2, -0.15) is 0 Å². The van der Waals surface area contributed by atoms with Crippen molar-refractivity contribution in [2.45, 2.75) is 13.8 Å². The molecule has 0 unspecified atom stereocenters. The zero-order valence-electron chi connectivity index (χ0n) is 12.8. The van der Waals surface area contributed by atoms with Crippen molar-refractivity contribution in [3.8, 4) is 0 Å². The van der Waals surface area contributed by atoms with Gasteiger partial charge in [0.2, 0.25) is 0 Å². The maximum Gasteiger partial charge on any atom is 0.293 e. The molecule has 0 aromatic heterocycles. The van der Waals surface area contributed by atoms with Crippen LogP contribution in [0.15, 0.2) is 24.3 Å². The Bertz CT molecular complexity index is 856. The van der Waals surface area contributed by atoms with Crippen LogP contribution in [0.5, 0.6) is 0 Å². The van der Waals surface area contributed by atoms with E-state index in [1.54, 1.807) is 18.2 Å². The molecule has 2 amide bonds. The van der Waals surface area contributed by atoms with Crippen molar-refractivity contribution in [3.05, 3.63) is 45.5 Å². The standard InChI is InChI=1S/C16H15N3O4/c1-3-18(4-2)14-9-6-5-7-10-13(9)11(8-12(14)19(22)23)16(21)17-15(10)20/h5-8H,3-4H2,1-2H3,(H,17,20,21). The zero-order valence-corrected chi connectivity index (χ0v) is 12.8. The van der Waals surface area contributed by atoms with Gasteiger partial charge >= 0.3 is 0 Å². The molecule has 23 heavy (non-hydrogen) atoms. The second-order valence-corrected chi connectivity index (χ2v) is 5.23. The lowest BCUT2D eigenvalue weighted by Gasteiger charge is -2.25. The molecule has 1 heterocycles. The van der Waals surface area contributed by atoms with Crippen LogP contribution in [-0.4, -0.2) is 29.8 Å². The van der Waals surface area contributed by atoms with Crippen LogP contribution in [-0.2, 0) is 0 Å². The summed E-state index contributed by atoms with van der Waals surface area (Å²) in [6, 6.07) is 6.27. The lowest BCUT2D eigenvalue weighted by atomic mass is 9.93. The number of nitrogens with zero attached hydrogens (tertiary/aromatic N) is 2. The van der Waals surface area contributed by atoms with E-state index in [1.165, 1.54) is 6.07 Å². The number of carbonyl (C=O) groups excluding carboxylic acids is 2. The van der Waals surface area contributed by atoms with Crippen LogP contribution in [0.4, 0.5) is 11.4 Å². The Morgan fingerprint density at radius 3 is 2.39 bits per heavy atom. The number of nitrogens with one attached hydrogen (secondary N) is 1. The first-order valence-electron chi connectivity index (χ1n) is 7.34. The van der Waals surface area contributed by atoms with Gasteiger partial charge in [-0.1, -0.05) is 12.1 Å². The van der Waals surface area contributed by atoms with Crippen molar-refractivity contribution < 1.29 is 14.5 Å². The summed E-state index contributed by atoms with van der Waals surface area (Å²) in [5.74, 6) is -1.08. The third-order valence-corrected chi connectivity index (χ3v) is 4.11. The molecule has 0 spiro atoms. The van der Waals surface area contributed by atoms with Crippen molar-refractivity contribution in [1.82, 2.24) is 5.32 Å². The average molecular weight is 313 g/mol. The maximum absolute atomic E-state index is 12.1. The molecule has 1 aliphatic rings. The van der Waals surface area contributed by atoms with Crippen LogP contribution in [0.2, 0.25) is 0 Å². The van der Waals surface area contributed by atoms with Gasteiger partial charge < -0.3 is 4.90 Å². The predicted molar refractivity (Wildman–Crippen MR) is 86.0 cm³/mol. The average Bonchev–Trinajstić information content (AvgIpc) is 2.53. The molecule has 0 bridgehead atoms. The van der Waals surface area contributed by atoms with Crippen LogP contribution in [0.25, 0.3) is 10.8 Å². The number of imide groups is 1. The minimum absolute atomic E-state index is 0.127. The molecule has 2 aromatic rings. The number of nitro benzene ring substituents is 1. The number of anilines is 1. The molecule has 7 heteroatoms. The van der Waals surface area contributed by atoms with E-state index in [-0.39, 0.29) is 11.3 Å². The van der Waals surface area contributed by atoms with E-state index in [0.717, 1.165) is 0 Å². The van der Waals surface area contributed by atoms with Crippen molar-refractivity contribution in [1.29, 1.82) is 0 Å². The van der Waals surface area contributed by atoms with E-state index in [4.69, 9.17) is 0 Å². The van der Waals surface area contributed by atoms with E-state index in [0.29, 0.717) is 35.1 Å². The van der Waals surface area contributed by atoms with E-state index in [9.17, 15) is 19.7 Å². The molecule has 0 saturated heterocycles. The molecule has 3 rings (SSSR count). The molecular weight excluding hydrogens is 298 g/mol. The van der Waals surface area contributed by atoms with Gasteiger partial charge in [0, 0.05) is 35.5 Å². The van der Waals surface area contributed by atoms with Crippen molar-refractivity contribution in [3.63, 3.8) is 0 Å². The topological polar surface area (TPSA) is 92.5 Å². The van der Waals surface area contributed by atoms with Crippen LogP contribution < -0.4 is 10.2 Å². The Balaban J connectivity index is 2.50. The highest BCUT2D eigenvalue weighted by molar-refractivity contribution is 6.27. The van der Waals surface area contributed by atoms with Crippen LogP contribution >= 0.6 is 0 Å². The Morgan fingerprint density at radius 1 is 1.13 bits per heavy atom.